The summed E-state index contributed by atoms with van der Waals surface area (Å²) in [5.74, 6) is -0.365. The number of nitrogens with one attached hydrogen (secondary N) is 1. The van der Waals surface area contributed by atoms with Gasteiger partial charge in [0.2, 0.25) is 0 Å². The van der Waals surface area contributed by atoms with E-state index in [1.165, 1.54) is 12.8 Å². The molecule has 0 heterocycles. The second-order valence-electron chi connectivity index (χ2n) is 4.73. The van der Waals surface area contributed by atoms with Gasteiger partial charge < -0.3 is 10.4 Å². The summed E-state index contributed by atoms with van der Waals surface area (Å²) in [5, 5.41) is 12.5. The van der Waals surface area contributed by atoms with Gasteiger partial charge in [-0.2, -0.15) is 0 Å². The Morgan fingerprint density at radius 2 is 2.27 bits per heavy atom. The van der Waals surface area contributed by atoms with Crippen LogP contribution < -0.4 is 5.32 Å². The predicted octanol–water partition coefficient (Wildman–Crippen LogP) is 2.27. The lowest BCUT2D eigenvalue weighted by atomic mass is 9.96. The third-order valence-corrected chi connectivity index (χ3v) is 3.43. The molecule has 1 rings (SSSR count). The van der Waals surface area contributed by atoms with Crippen LogP contribution in [0.15, 0.2) is 0 Å². The minimum absolute atomic E-state index is 0.105. The normalized spacial score (nSPS) is 27.9. The lowest BCUT2D eigenvalue weighted by Gasteiger charge is -2.19. The molecule has 88 valence electrons. The Morgan fingerprint density at radius 3 is 2.87 bits per heavy atom. The van der Waals surface area contributed by atoms with E-state index in [0.717, 1.165) is 25.8 Å². The Kier molecular flexibility index (Phi) is 5.09. The van der Waals surface area contributed by atoms with Crippen LogP contribution in [0.4, 0.5) is 0 Å². The number of aliphatic carboxylic acids is 1. The van der Waals surface area contributed by atoms with Crippen molar-refractivity contribution in [3.8, 4) is 0 Å². The zero-order chi connectivity index (χ0) is 11.3. The first-order chi connectivity index (χ1) is 7.15. The molecule has 0 bridgehead atoms. The molecule has 0 spiro atoms. The van der Waals surface area contributed by atoms with E-state index in [4.69, 9.17) is 5.11 Å². The third kappa shape index (κ3) is 3.82. The first-order valence-electron chi connectivity index (χ1n) is 6.11. The molecular formula is C12H23NO2. The van der Waals surface area contributed by atoms with Crippen molar-refractivity contribution < 1.29 is 9.90 Å². The van der Waals surface area contributed by atoms with Crippen LogP contribution in [0.3, 0.4) is 0 Å². The molecule has 0 aromatic heterocycles. The highest BCUT2D eigenvalue weighted by Crippen LogP contribution is 2.31. The van der Waals surface area contributed by atoms with Crippen molar-refractivity contribution in [2.45, 2.75) is 52.0 Å². The van der Waals surface area contributed by atoms with Gasteiger partial charge in [-0.1, -0.05) is 19.8 Å². The number of hydrogen-bond donors (Lipinski definition) is 2. The van der Waals surface area contributed by atoms with Gasteiger partial charge in [-0.05, 0) is 38.6 Å². The molecule has 0 amide bonds. The SMILES string of the molecule is CCCC(C)NCC1CCCC1C(=O)O. The molecule has 1 fully saturated rings. The fraction of sp³-hybridized carbons (Fsp3) is 0.917. The van der Waals surface area contributed by atoms with Crippen LogP contribution in [0.25, 0.3) is 0 Å². The molecule has 0 saturated heterocycles. The highest BCUT2D eigenvalue weighted by molar-refractivity contribution is 5.70. The summed E-state index contributed by atoms with van der Waals surface area (Å²) in [6.07, 6.45) is 5.36. The summed E-state index contributed by atoms with van der Waals surface area (Å²) >= 11 is 0. The van der Waals surface area contributed by atoms with Crippen molar-refractivity contribution >= 4 is 5.97 Å². The maximum absolute atomic E-state index is 11.0. The largest absolute Gasteiger partial charge is 0.481 e. The number of carbonyl (C=O) groups is 1. The predicted molar refractivity (Wildman–Crippen MR) is 60.8 cm³/mol. The van der Waals surface area contributed by atoms with Crippen molar-refractivity contribution in [3.63, 3.8) is 0 Å². The second kappa shape index (κ2) is 6.11. The molecule has 3 heteroatoms. The molecule has 3 atom stereocenters. The van der Waals surface area contributed by atoms with Gasteiger partial charge >= 0.3 is 5.97 Å². The van der Waals surface area contributed by atoms with Gasteiger partial charge in [-0.25, -0.2) is 0 Å². The van der Waals surface area contributed by atoms with Crippen molar-refractivity contribution in [1.82, 2.24) is 5.32 Å². The molecule has 0 aromatic rings. The van der Waals surface area contributed by atoms with Crippen LogP contribution in [0.2, 0.25) is 0 Å². The van der Waals surface area contributed by atoms with E-state index in [9.17, 15) is 4.79 Å². The molecule has 0 radical (unpaired) electrons. The summed E-state index contributed by atoms with van der Waals surface area (Å²) in [6.45, 7) is 5.22. The van der Waals surface area contributed by atoms with E-state index in [0.29, 0.717) is 12.0 Å². The summed E-state index contributed by atoms with van der Waals surface area (Å²) in [4.78, 5) is 11.0. The summed E-state index contributed by atoms with van der Waals surface area (Å²) in [6, 6.07) is 0.519. The average Bonchev–Trinajstić information content (AvgIpc) is 2.63. The summed E-state index contributed by atoms with van der Waals surface area (Å²) in [7, 11) is 0. The Morgan fingerprint density at radius 1 is 1.53 bits per heavy atom. The fourth-order valence-corrected chi connectivity index (χ4v) is 2.49. The monoisotopic (exact) mass is 213 g/mol. The maximum Gasteiger partial charge on any atom is 0.306 e. The molecule has 1 aliphatic rings. The van der Waals surface area contributed by atoms with E-state index >= 15 is 0 Å². The molecule has 1 aliphatic carbocycles. The van der Waals surface area contributed by atoms with E-state index in [1.54, 1.807) is 0 Å². The standard InChI is InChI=1S/C12H23NO2/c1-3-5-9(2)13-8-10-6-4-7-11(10)12(14)15/h9-11,13H,3-8H2,1-2H3,(H,14,15). The molecule has 15 heavy (non-hydrogen) atoms. The first kappa shape index (κ1) is 12.5. The third-order valence-electron chi connectivity index (χ3n) is 3.43. The minimum Gasteiger partial charge on any atom is -0.481 e. The lowest BCUT2D eigenvalue weighted by molar-refractivity contribution is -0.142. The smallest absolute Gasteiger partial charge is 0.306 e. The number of carboxylic acid groups (broad SMARTS) is 1. The van der Waals surface area contributed by atoms with Gasteiger partial charge in [0.15, 0.2) is 0 Å². The quantitative estimate of drug-likeness (QED) is 0.711. The molecule has 2 N–H and O–H groups in total. The molecule has 1 saturated carbocycles. The van der Waals surface area contributed by atoms with Crippen LogP contribution in [0.5, 0.6) is 0 Å². The Balaban J connectivity index is 2.28. The average molecular weight is 213 g/mol. The van der Waals surface area contributed by atoms with Crippen LogP contribution in [-0.4, -0.2) is 23.7 Å². The van der Waals surface area contributed by atoms with Gasteiger partial charge in [-0.15, -0.1) is 0 Å². The fourth-order valence-electron chi connectivity index (χ4n) is 2.49. The van der Waals surface area contributed by atoms with Crippen molar-refractivity contribution in [1.29, 1.82) is 0 Å². The lowest BCUT2D eigenvalue weighted by Crippen LogP contribution is -2.34. The minimum atomic E-state index is -0.609. The van der Waals surface area contributed by atoms with Gasteiger partial charge in [0.05, 0.1) is 5.92 Å². The zero-order valence-corrected chi connectivity index (χ0v) is 9.83. The van der Waals surface area contributed by atoms with Crippen LogP contribution in [-0.2, 0) is 4.79 Å². The maximum atomic E-state index is 11.0. The first-order valence-corrected chi connectivity index (χ1v) is 6.11. The Labute approximate surface area is 92.3 Å². The van der Waals surface area contributed by atoms with E-state index in [2.05, 4.69) is 19.2 Å². The summed E-state index contributed by atoms with van der Waals surface area (Å²) < 4.78 is 0. The number of hydrogen-bond acceptors (Lipinski definition) is 2. The van der Waals surface area contributed by atoms with Crippen molar-refractivity contribution in [3.05, 3.63) is 0 Å². The molecular weight excluding hydrogens is 190 g/mol. The molecule has 3 nitrogen and oxygen atoms in total. The van der Waals surface area contributed by atoms with Crippen LogP contribution in [0, 0.1) is 11.8 Å². The van der Waals surface area contributed by atoms with Crippen molar-refractivity contribution in [2.24, 2.45) is 11.8 Å². The van der Waals surface area contributed by atoms with Crippen molar-refractivity contribution in [2.75, 3.05) is 6.54 Å². The second-order valence-corrected chi connectivity index (χ2v) is 4.73. The van der Waals surface area contributed by atoms with Gasteiger partial charge in [0, 0.05) is 6.04 Å². The van der Waals surface area contributed by atoms with E-state index < -0.39 is 5.97 Å². The van der Waals surface area contributed by atoms with Gasteiger partial charge in [0.25, 0.3) is 0 Å². The topological polar surface area (TPSA) is 49.3 Å². The highest BCUT2D eigenvalue weighted by atomic mass is 16.4. The zero-order valence-electron chi connectivity index (χ0n) is 9.83. The highest BCUT2D eigenvalue weighted by Gasteiger charge is 2.32. The number of carboxylic acids is 1. The molecule has 3 unspecified atom stereocenters. The van der Waals surface area contributed by atoms with Gasteiger partial charge in [-0.3, -0.25) is 4.79 Å². The van der Waals surface area contributed by atoms with E-state index in [-0.39, 0.29) is 5.92 Å². The van der Waals surface area contributed by atoms with Crippen LogP contribution >= 0.6 is 0 Å². The number of rotatable bonds is 6. The Hall–Kier alpha value is -0.570. The van der Waals surface area contributed by atoms with Gasteiger partial charge in [0.1, 0.15) is 0 Å². The molecule has 0 aliphatic heterocycles. The van der Waals surface area contributed by atoms with Crippen LogP contribution in [0.1, 0.15) is 46.0 Å². The Bertz CT molecular complexity index is 206. The summed E-state index contributed by atoms with van der Waals surface area (Å²) in [5.41, 5.74) is 0. The van der Waals surface area contributed by atoms with E-state index in [1.807, 2.05) is 0 Å². The molecule has 0 aromatic carbocycles.